The summed E-state index contributed by atoms with van der Waals surface area (Å²) in [5.74, 6) is 0. The topological polar surface area (TPSA) is 26.3 Å². The van der Waals surface area contributed by atoms with Gasteiger partial charge in [0.2, 0.25) is 0 Å². The molecule has 0 amide bonds. The predicted octanol–water partition coefficient (Wildman–Crippen LogP) is 2.50. The molecule has 0 aliphatic carbocycles. The number of hydrogen-bond donors (Lipinski definition) is 0. The van der Waals surface area contributed by atoms with Gasteiger partial charge in [0, 0.05) is 7.11 Å². The molecule has 74 valence electrons. The second-order valence-electron chi connectivity index (χ2n) is 2.79. The largest absolute Gasteiger partial charge is 0.377 e. The fourth-order valence-electron chi connectivity index (χ4n) is 0.936. The molecule has 0 spiro atoms. The molecule has 0 bridgehead atoms. The smallest absolute Gasteiger partial charge is 0.142 e. The molecule has 0 fully saturated rings. The normalized spacial score (nSPS) is 14.0. The zero-order chi connectivity index (χ0) is 9.94. The summed E-state index contributed by atoms with van der Waals surface area (Å²) in [6.45, 7) is 2.14. The molecular formula is C11H18O2. The van der Waals surface area contributed by atoms with E-state index in [9.17, 15) is 4.79 Å². The van der Waals surface area contributed by atoms with Gasteiger partial charge in [-0.3, -0.25) is 4.79 Å². The third-order valence-electron chi connectivity index (χ3n) is 1.69. The minimum atomic E-state index is 0.0998. The lowest BCUT2D eigenvalue weighted by Crippen LogP contribution is -2.04. The Labute approximate surface area is 80.3 Å². The molecule has 13 heavy (non-hydrogen) atoms. The molecule has 0 heterocycles. The number of unbranched alkanes of at least 4 members (excludes halogenated alkanes) is 1. The van der Waals surface area contributed by atoms with Gasteiger partial charge >= 0.3 is 0 Å². The van der Waals surface area contributed by atoms with Gasteiger partial charge in [-0.15, -0.1) is 0 Å². The van der Waals surface area contributed by atoms with E-state index in [1.54, 1.807) is 7.11 Å². The van der Waals surface area contributed by atoms with Gasteiger partial charge < -0.3 is 4.74 Å². The first-order chi connectivity index (χ1) is 6.35. The third kappa shape index (κ3) is 7.47. The van der Waals surface area contributed by atoms with E-state index in [0.29, 0.717) is 0 Å². The molecule has 0 aromatic carbocycles. The molecule has 0 saturated carbocycles. The van der Waals surface area contributed by atoms with E-state index in [1.165, 1.54) is 6.08 Å². The Bertz CT molecular complexity index is 171. The predicted molar refractivity (Wildman–Crippen MR) is 54.7 cm³/mol. The number of ether oxygens (including phenoxy) is 1. The minimum absolute atomic E-state index is 0.0998. The van der Waals surface area contributed by atoms with Crippen LogP contribution in [0.2, 0.25) is 0 Å². The first kappa shape index (κ1) is 12.1. The van der Waals surface area contributed by atoms with Crippen LogP contribution in [0.3, 0.4) is 0 Å². The van der Waals surface area contributed by atoms with E-state index in [2.05, 4.69) is 13.0 Å². The second-order valence-corrected chi connectivity index (χ2v) is 2.79. The Balaban J connectivity index is 3.74. The Hall–Kier alpha value is -0.890. The van der Waals surface area contributed by atoms with Crippen LogP contribution in [0.5, 0.6) is 0 Å². The van der Waals surface area contributed by atoms with Crippen LogP contribution in [0.4, 0.5) is 0 Å². The van der Waals surface area contributed by atoms with Gasteiger partial charge in [-0.05, 0) is 18.9 Å². The van der Waals surface area contributed by atoms with Crippen molar-refractivity contribution in [2.45, 2.75) is 32.3 Å². The van der Waals surface area contributed by atoms with E-state index >= 15 is 0 Å². The monoisotopic (exact) mass is 182 g/mol. The van der Waals surface area contributed by atoms with Gasteiger partial charge in [0.05, 0.1) is 6.10 Å². The van der Waals surface area contributed by atoms with Crippen molar-refractivity contribution in [2.75, 3.05) is 7.11 Å². The molecule has 2 nitrogen and oxygen atoms in total. The quantitative estimate of drug-likeness (QED) is 0.343. The maximum atomic E-state index is 9.99. The minimum Gasteiger partial charge on any atom is -0.377 e. The summed E-state index contributed by atoms with van der Waals surface area (Å²) in [6.07, 6.45) is 11.3. The van der Waals surface area contributed by atoms with Crippen molar-refractivity contribution in [1.82, 2.24) is 0 Å². The van der Waals surface area contributed by atoms with Crippen LogP contribution in [0.25, 0.3) is 0 Å². The standard InChI is InChI=1S/C11H18O2/c1-3-4-5-8-11(13-2)9-6-7-10-12/h5-8,10-11H,3-4,9H2,1-2H3. The van der Waals surface area contributed by atoms with Crippen LogP contribution < -0.4 is 0 Å². The molecule has 1 atom stereocenters. The molecule has 0 aromatic rings. The molecule has 0 aliphatic rings. The van der Waals surface area contributed by atoms with Crippen LogP contribution in [0.1, 0.15) is 26.2 Å². The molecule has 2 heteroatoms. The summed E-state index contributed by atoms with van der Waals surface area (Å²) in [4.78, 5) is 9.99. The van der Waals surface area contributed by atoms with Gasteiger partial charge in [-0.2, -0.15) is 0 Å². The first-order valence-electron chi connectivity index (χ1n) is 4.64. The number of allylic oxidation sites excluding steroid dienone is 2. The SMILES string of the molecule is CCCC=CC(CC=CC=O)OC. The average molecular weight is 182 g/mol. The third-order valence-corrected chi connectivity index (χ3v) is 1.69. The first-order valence-corrected chi connectivity index (χ1v) is 4.64. The van der Waals surface area contributed by atoms with Crippen molar-refractivity contribution in [3.05, 3.63) is 24.3 Å². The van der Waals surface area contributed by atoms with Gasteiger partial charge in [-0.1, -0.05) is 31.6 Å². The van der Waals surface area contributed by atoms with Crippen LogP contribution in [-0.4, -0.2) is 19.5 Å². The van der Waals surface area contributed by atoms with E-state index in [0.717, 1.165) is 25.5 Å². The van der Waals surface area contributed by atoms with E-state index < -0.39 is 0 Å². The Morgan fingerprint density at radius 2 is 2.15 bits per heavy atom. The van der Waals surface area contributed by atoms with Gasteiger partial charge in [0.1, 0.15) is 6.29 Å². The van der Waals surface area contributed by atoms with Crippen LogP contribution in [0, 0.1) is 0 Å². The van der Waals surface area contributed by atoms with Crippen LogP contribution in [-0.2, 0) is 9.53 Å². The van der Waals surface area contributed by atoms with Gasteiger partial charge in [-0.25, -0.2) is 0 Å². The van der Waals surface area contributed by atoms with Crippen molar-refractivity contribution >= 4 is 6.29 Å². The summed E-state index contributed by atoms with van der Waals surface area (Å²) in [7, 11) is 1.68. The summed E-state index contributed by atoms with van der Waals surface area (Å²) in [6, 6.07) is 0. The number of carbonyl (C=O) groups is 1. The zero-order valence-corrected chi connectivity index (χ0v) is 8.40. The molecule has 1 unspecified atom stereocenters. The lowest BCUT2D eigenvalue weighted by atomic mass is 10.2. The summed E-state index contributed by atoms with van der Waals surface area (Å²) >= 11 is 0. The molecule has 0 aliphatic heterocycles. The Morgan fingerprint density at radius 3 is 2.69 bits per heavy atom. The zero-order valence-electron chi connectivity index (χ0n) is 8.40. The van der Waals surface area contributed by atoms with Crippen molar-refractivity contribution in [2.24, 2.45) is 0 Å². The second kappa shape index (κ2) is 9.20. The highest BCUT2D eigenvalue weighted by Gasteiger charge is 1.97. The molecule has 0 radical (unpaired) electrons. The number of carbonyl (C=O) groups excluding carboxylic acids is 1. The highest BCUT2D eigenvalue weighted by Crippen LogP contribution is 2.01. The Morgan fingerprint density at radius 1 is 1.38 bits per heavy atom. The molecule has 0 N–H and O–H groups in total. The van der Waals surface area contributed by atoms with Crippen molar-refractivity contribution in [1.29, 1.82) is 0 Å². The van der Waals surface area contributed by atoms with E-state index in [1.807, 2.05) is 12.2 Å². The number of rotatable bonds is 7. The van der Waals surface area contributed by atoms with Crippen LogP contribution in [0.15, 0.2) is 24.3 Å². The van der Waals surface area contributed by atoms with Crippen molar-refractivity contribution < 1.29 is 9.53 Å². The maximum Gasteiger partial charge on any atom is 0.142 e. The van der Waals surface area contributed by atoms with Crippen molar-refractivity contribution in [3.8, 4) is 0 Å². The molecular weight excluding hydrogens is 164 g/mol. The van der Waals surface area contributed by atoms with E-state index in [-0.39, 0.29) is 6.10 Å². The molecule has 0 rings (SSSR count). The summed E-state index contributed by atoms with van der Waals surface area (Å²) in [5.41, 5.74) is 0. The maximum absolute atomic E-state index is 9.99. The van der Waals surface area contributed by atoms with Crippen molar-refractivity contribution in [3.63, 3.8) is 0 Å². The molecule has 0 saturated heterocycles. The Kier molecular flexibility index (Phi) is 8.57. The highest BCUT2D eigenvalue weighted by atomic mass is 16.5. The van der Waals surface area contributed by atoms with Gasteiger partial charge in [0.25, 0.3) is 0 Å². The summed E-state index contributed by atoms with van der Waals surface area (Å²) in [5, 5.41) is 0. The number of methoxy groups -OCH3 is 1. The lowest BCUT2D eigenvalue weighted by molar-refractivity contribution is -0.104. The van der Waals surface area contributed by atoms with Crippen LogP contribution >= 0.6 is 0 Å². The van der Waals surface area contributed by atoms with Gasteiger partial charge in [0.15, 0.2) is 0 Å². The summed E-state index contributed by atoms with van der Waals surface area (Å²) < 4.78 is 5.19. The average Bonchev–Trinajstić information content (AvgIpc) is 2.16. The number of hydrogen-bond acceptors (Lipinski definition) is 2. The lowest BCUT2D eigenvalue weighted by Gasteiger charge is -2.06. The highest BCUT2D eigenvalue weighted by molar-refractivity contribution is 5.64. The fourth-order valence-corrected chi connectivity index (χ4v) is 0.936. The fraction of sp³-hybridized carbons (Fsp3) is 0.545. The van der Waals surface area contributed by atoms with E-state index in [4.69, 9.17) is 4.74 Å². The molecule has 0 aromatic heterocycles. The number of aldehydes is 1.